The fraction of sp³-hybridized carbons (Fsp3) is 0.419. The highest BCUT2D eigenvalue weighted by Crippen LogP contribution is 2.36. The van der Waals surface area contributed by atoms with Crippen LogP contribution in [0.1, 0.15) is 35.6 Å². The van der Waals surface area contributed by atoms with Crippen molar-refractivity contribution in [3.63, 3.8) is 0 Å². The summed E-state index contributed by atoms with van der Waals surface area (Å²) in [6, 6.07) is 31.7. The van der Waals surface area contributed by atoms with Crippen molar-refractivity contribution in [1.29, 1.82) is 0 Å². The lowest BCUT2D eigenvalue weighted by atomic mass is 9.82. The van der Waals surface area contributed by atoms with Crippen LogP contribution in [0.15, 0.2) is 96.2 Å². The minimum Gasteiger partial charge on any atom is -0.390 e. The van der Waals surface area contributed by atoms with E-state index in [1.54, 1.807) is 0 Å². The van der Waals surface area contributed by atoms with E-state index < -0.39 is 11.6 Å². The summed E-state index contributed by atoms with van der Waals surface area (Å²) in [6.07, 6.45) is 0.998. The van der Waals surface area contributed by atoms with Crippen LogP contribution in [0, 0.1) is 4.91 Å². The molecule has 0 amide bonds. The first-order valence-electron chi connectivity index (χ1n) is 13.5. The third-order valence-corrected chi connectivity index (χ3v) is 8.11. The SMILES string of the molecule is O=NC1(c2ccccc2)CCN(CC(O)CN2CCN(C(c3ccccc3)c3ccccc3)CC2)CC1. The number of β-amino-alcohol motifs (C(OH)–C–C–N with tert-alkyl or cyclic N) is 1. The molecule has 1 N–H and O–H groups in total. The third kappa shape index (κ3) is 6.16. The van der Waals surface area contributed by atoms with Gasteiger partial charge < -0.3 is 10.0 Å². The molecular formula is C31H38N4O2. The summed E-state index contributed by atoms with van der Waals surface area (Å²) in [5.41, 5.74) is 3.02. The van der Waals surface area contributed by atoms with Crippen LogP contribution >= 0.6 is 0 Å². The lowest BCUT2D eigenvalue weighted by Gasteiger charge is -2.41. The van der Waals surface area contributed by atoms with Gasteiger partial charge in [0, 0.05) is 52.4 Å². The first kappa shape index (κ1) is 25.7. The Balaban J connectivity index is 1.12. The number of likely N-dealkylation sites (tertiary alicyclic amines) is 1. The molecule has 2 aliphatic heterocycles. The number of piperidine rings is 1. The number of rotatable bonds is 9. The van der Waals surface area contributed by atoms with Gasteiger partial charge in [-0.3, -0.25) is 9.80 Å². The summed E-state index contributed by atoms with van der Waals surface area (Å²) in [4.78, 5) is 19.0. The predicted octanol–water partition coefficient (Wildman–Crippen LogP) is 4.51. The zero-order valence-corrected chi connectivity index (χ0v) is 21.5. The minimum absolute atomic E-state index is 0.249. The molecular weight excluding hydrogens is 460 g/mol. The van der Waals surface area contributed by atoms with Crippen LogP contribution in [0.2, 0.25) is 0 Å². The first-order chi connectivity index (χ1) is 18.2. The second kappa shape index (κ2) is 12.1. The molecule has 6 nitrogen and oxygen atoms in total. The number of benzene rings is 3. The zero-order valence-electron chi connectivity index (χ0n) is 21.5. The predicted molar refractivity (Wildman–Crippen MR) is 148 cm³/mol. The van der Waals surface area contributed by atoms with Gasteiger partial charge in [-0.15, -0.1) is 4.91 Å². The monoisotopic (exact) mass is 498 g/mol. The van der Waals surface area contributed by atoms with Crippen LogP contribution in [0.3, 0.4) is 0 Å². The fourth-order valence-electron chi connectivity index (χ4n) is 6.03. The van der Waals surface area contributed by atoms with E-state index in [0.717, 1.165) is 44.8 Å². The Kier molecular flexibility index (Phi) is 8.41. The number of aliphatic hydroxyl groups is 1. The van der Waals surface area contributed by atoms with Crippen LogP contribution in [0.25, 0.3) is 0 Å². The normalized spacial score (nSPS) is 20.1. The van der Waals surface area contributed by atoms with Gasteiger partial charge in [0.25, 0.3) is 0 Å². The second-order valence-electron chi connectivity index (χ2n) is 10.5. The number of nitroso groups, excluding NO2 is 1. The van der Waals surface area contributed by atoms with Crippen molar-refractivity contribution in [1.82, 2.24) is 14.7 Å². The number of hydrogen-bond acceptors (Lipinski definition) is 6. The third-order valence-electron chi connectivity index (χ3n) is 8.11. The van der Waals surface area contributed by atoms with E-state index in [1.807, 2.05) is 30.3 Å². The summed E-state index contributed by atoms with van der Waals surface area (Å²) >= 11 is 0. The van der Waals surface area contributed by atoms with Gasteiger partial charge in [-0.2, -0.15) is 0 Å². The molecule has 0 saturated carbocycles. The van der Waals surface area contributed by atoms with Crippen molar-refractivity contribution in [2.45, 2.75) is 30.5 Å². The maximum Gasteiger partial charge on any atom is 0.130 e. The van der Waals surface area contributed by atoms with Crippen LogP contribution in [0.4, 0.5) is 0 Å². The van der Waals surface area contributed by atoms with Crippen LogP contribution in [-0.4, -0.2) is 78.3 Å². The molecule has 2 aliphatic rings. The Hall–Kier alpha value is -2.90. The Morgan fingerprint density at radius 2 is 1.14 bits per heavy atom. The van der Waals surface area contributed by atoms with Gasteiger partial charge in [0.15, 0.2) is 0 Å². The van der Waals surface area contributed by atoms with Gasteiger partial charge in [0.2, 0.25) is 0 Å². The molecule has 0 spiro atoms. The van der Waals surface area contributed by atoms with E-state index in [-0.39, 0.29) is 6.04 Å². The summed E-state index contributed by atoms with van der Waals surface area (Å²) in [6.45, 7) is 6.70. The molecule has 37 heavy (non-hydrogen) atoms. The van der Waals surface area contributed by atoms with Gasteiger partial charge in [-0.25, -0.2) is 0 Å². The van der Waals surface area contributed by atoms with Gasteiger partial charge in [0.05, 0.1) is 12.1 Å². The highest BCUT2D eigenvalue weighted by atomic mass is 16.3. The molecule has 0 bridgehead atoms. The second-order valence-corrected chi connectivity index (χ2v) is 10.5. The Morgan fingerprint density at radius 3 is 1.62 bits per heavy atom. The van der Waals surface area contributed by atoms with E-state index in [4.69, 9.17) is 0 Å². The maximum atomic E-state index is 11.8. The largest absolute Gasteiger partial charge is 0.390 e. The molecule has 3 aromatic carbocycles. The average Bonchev–Trinajstić information content (AvgIpc) is 2.96. The lowest BCUT2D eigenvalue weighted by molar-refractivity contribution is 0.0346. The van der Waals surface area contributed by atoms with Crippen molar-refractivity contribution in [3.05, 3.63) is 113 Å². The van der Waals surface area contributed by atoms with Crippen molar-refractivity contribution in [2.75, 3.05) is 52.4 Å². The standard InChI is InChI=1S/C31H38N4O2/c36-29(24-33-18-16-31(32-37,17-19-33)28-14-8-3-9-15-28)25-34-20-22-35(23-21-34)30(26-10-4-1-5-11-26)27-12-6-2-7-13-27/h1-15,29-30,36H,16-25H2. The Bertz CT molecular complexity index is 1060. The highest BCUT2D eigenvalue weighted by Gasteiger charge is 2.38. The molecule has 1 unspecified atom stereocenters. The van der Waals surface area contributed by atoms with Gasteiger partial charge in [-0.05, 0) is 29.5 Å². The van der Waals surface area contributed by atoms with Crippen LogP contribution in [-0.2, 0) is 5.54 Å². The molecule has 0 radical (unpaired) electrons. The number of piperazine rings is 1. The summed E-state index contributed by atoms with van der Waals surface area (Å²) in [7, 11) is 0. The Labute approximate surface area is 220 Å². The quantitative estimate of drug-likeness (QED) is 0.440. The first-order valence-corrected chi connectivity index (χ1v) is 13.5. The molecule has 3 aromatic rings. The average molecular weight is 499 g/mol. The molecule has 1 atom stereocenters. The van der Waals surface area contributed by atoms with Gasteiger partial charge >= 0.3 is 0 Å². The topological polar surface area (TPSA) is 59.4 Å². The Morgan fingerprint density at radius 1 is 0.676 bits per heavy atom. The van der Waals surface area contributed by atoms with Gasteiger partial charge in [0.1, 0.15) is 5.54 Å². The van der Waals surface area contributed by atoms with Gasteiger partial charge in [-0.1, -0.05) is 96.2 Å². The maximum absolute atomic E-state index is 11.8. The van der Waals surface area contributed by atoms with E-state index >= 15 is 0 Å². The van der Waals surface area contributed by atoms with Crippen molar-refractivity contribution in [2.24, 2.45) is 5.18 Å². The molecule has 5 rings (SSSR count). The van der Waals surface area contributed by atoms with E-state index in [2.05, 4.69) is 80.5 Å². The molecule has 6 heteroatoms. The number of nitrogens with zero attached hydrogens (tertiary/aromatic N) is 4. The molecule has 2 heterocycles. The lowest BCUT2D eigenvalue weighted by Crippen LogP contribution is -2.51. The summed E-state index contributed by atoms with van der Waals surface area (Å²) in [5, 5.41) is 14.5. The van der Waals surface area contributed by atoms with Crippen molar-refractivity contribution in [3.8, 4) is 0 Å². The van der Waals surface area contributed by atoms with E-state index in [0.29, 0.717) is 25.9 Å². The summed E-state index contributed by atoms with van der Waals surface area (Å²) < 4.78 is 0. The number of hydrogen-bond donors (Lipinski definition) is 1. The van der Waals surface area contributed by atoms with E-state index in [9.17, 15) is 10.0 Å². The minimum atomic E-state index is -0.632. The molecule has 2 saturated heterocycles. The van der Waals surface area contributed by atoms with Crippen LogP contribution in [0.5, 0.6) is 0 Å². The van der Waals surface area contributed by atoms with E-state index in [1.165, 1.54) is 11.1 Å². The van der Waals surface area contributed by atoms with Crippen molar-refractivity contribution >= 4 is 0 Å². The molecule has 0 aromatic heterocycles. The summed E-state index contributed by atoms with van der Waals surface area (Å²) in [5.74, 6) is 0. The molecule has 194 valence electrons. The van der Waals surface area contributed by atoms with Crippen LogP contribution < -0.4 is 0 Å². The number of aliphatic hydroxyl groups excluding tert-OH is 1. The fourth-order valence-corrected chi connectivity index (χ4v) is 6.03. The molecule has 0 aliphatic carbocycles. The highest BCUT2D eigenvalue weighted by molar-refractivity contribution is 5.32. The van der Waals surface area contributed by atoms with Crippen molar-refractivity contribution < 1.29 is 5.11 Å². The molecule has 2 fully saturated rings. The zero-order chi connectivity index (χ0) is 25.5. The smallest absolute Gasteiger partial charge is 0.130 e.